The standard InChI is InChI=1S/C6H14OS/c1-2-3-4-6(8)5-7/h6-8H,2-5H2,1H3. The van der Waals surface area contributed by atoms with E-state index in [1.807, 2.05) is 0 Å². The molecule has 1 atom stereocenters. The highest BCUT2D eigenvalue weighted by molar-refractivity contribution is 7.81. The molecular formula is C6H14OS. The van der Waals surface area contributed by atoms with E-state index in [0.717, 1.165) is 6.42 Å². The summed E-state index contributed by atoms with van der Waals surface area (Å²) in [5, 5.41) is 8.69. The van der Waals surface area contributed by atoms with Crippen molar-refractivity contribution in [3.63, 3.8) is 0 Å². The molecule has 0 aliphatic carbocycles. The Balaban J connectivity index is 2.86. The predicted octanol–water partition coefficient (Wildman–Crippen LogP) is 1.47. The van der Waals surface area contributed by atoms with Gasteiger partial charge in [0.25, 0.3) is 0 Å². The first kappa shape index (κ1) is 8.31. The molecule has 0 saturated heterocycles. The van der Waals surface area contributed by atoms with Crippen molar-refractivity contribution in [3.8, 4) is 0 Å². The van der Waals surface area contributed by atoms with E-state index in [0.29, 0.717) is 0 Å². The molecule has 0 radical (unpaired) electrons. The molecule has 1 unspecified atom stereocenters. The summed E-state index contributed by atoms with van der Waals surface area (Å²) >= 11 is 4.11. The first-order valence-electron chi connectivity index (χ1n) is 3.10. The Morgan fingerprint density at radius 3 is 2.62 bits per heavy atom. The van der Waals surface area contributed by atoms with Gasteiger partial charge in [0.05, 0.1) is 6.61 Å². The Kier molecular flexibility index (Phi) is 5.66. The lowest BCUT2D eigenvalue weighted by Crippen LogP contribution is -2.03. The van der Waals surface area contributed by atoms with E-state index in [4.69, 9.17) is 5.11 Å². The average molecular weight is 134 g/mol. The zero-order valence-corrected chi connectivity index (χ0v) is 6.19. The number of unbranched alkanes of at least 4 members (excludes halogenated alkanes) is 1. The number of hydrogen-bond donors (Lipinski definition) is 2. The Morgan fingerprint density at radius 2 is 2.25 bits per heavy atom. The zero-order chi connectivity index (χ0) is 6.41. The van der Waals surface area contributed by atoms with Gasteiger partial charge in [-0.2, -0.15) is 12.6 Å². The zero-order valence-electron chi connectivity index (χ0n) is 5.30. The molecule has 8 heavy (non-hydrogen) atoms. The lowest BCUT2D eigenvalue weighted by atomic mass is 10.2. The molecule has 0 saturated carbocycles. The van der Waals surface area contributed by atoms with Crippen LogP contribution in [0.15, 0.2) is 0 Å². The summed E-state index contributed by atoms with van der Waals surface area (Å²) < 4.78 is 0. The van der Waals surface area contributed by atoms with Crippen molar-refractivity contribution in [2.75, 3.05) is 6.61 Å². The molecule has 0 amide bonds. The van der Waals surface area contributed by atoms with Gasteiger partial charge in [-0.25, -0.2) is 0 Å². The van der Waals surface area contributed by atoms with Crippen molar-refractivity contribution in [2.24, 2.45) is 0 Å². The maximum atomic E-state index is 8.49. The minimum absolute atomic E-state index is 0.204. The number of rotatable bonds is 4. The third-order valence-corrected chi connectivity index (χ3v) is 1.52. The van der Waals surface area contributed by atoms with Gasteiger partial charge < -0.3 is 5.11 Å². The fourth-order valence-electron chi connectivity index (χ4n) is 0.531. The van der Waals surface area contributed by atoms with Crippen LogP contribution in [-0.2, 0) is 0 Å². The molecule has 50 valence electrons. The van der Waals surface area contributed by atoms with Gasteiger partial charge in [-0.05, 0) is 6.42 Å². The molecule has 0 fully saturated rings. The highest BCUT2D eigenvalue weighted by Crippen LogP contribution is 2.04. The van der Waals surface area contributed by atoms with E-state index >= 15 is 0 Å². The van der Waals surface area contributed by atoms with Gasteiger partial charge in [-0.1, -0.05) is 19.8 Å². The molecule has 2 heteroatoms. The van der Waals surface area contributed by atoms with Crippen molar-refractivity contribution in [2.45, 2.75) is 31.4 Å². The first-order valence-corrected chi connectivity index (χ1v) is 3.61. The van der Waals surface area contributed by atoms with Crippen LogP contribution in [0.2, 0.25) is 0 Å². The minimum Gasteiger partial charge on any atom is -0.395 e. The Hall–Kier alpha value is 0.310. The van der Waals surface area contributed by atoms with Crippen LogP contribution in [0.4, 0.5) is 0 Å². The van der Waals surface area contributed by atoms with Gasteiger partial charge in [-0.3, -0.25) is 0 Å². The SMILES string of the molecule is CCCCC(S)CO. The monoisotopic (exact) mass is 134 g/mol. The molecule has 0 aromatic carbocycles. The number of aliphatic hydroxyl groups excluding tert-OH is 1. The largest absolute Gasteiger partial charge is 0.395 e. The van der Waals surface area contributed by atoms with Crippen LogP contribution in [0.25, 0.3) is 0 Å². The fourth-order valence-corrected chi connectivity index (χ4v) is 0.714. The quantitative estimate of drug-likeness (QED) is 0.558. The van der Waals surface area contributed by atoms with Crippen molar-refractivity contribution >= 4 is 12.6 Å². The molecule has 1 N–H and O–H groups in total. The van der Waals surface area contributed by atoms with E-state index in [9.17, 15) is 0 Å². The molecule has 0 aliphatic rings. The van der Waals surface area contributed by atoms with Gasteiger partial charge in [0.15, 0.2) is 0 Å². The van der Waals surface area contributed by atoms with Crippen molar-refractivity contribution in [1.29, 1.82) is 0 Å². The molecule has 0 aliphatic heterocycles. The van der Waals surface area contributed by atoms with E-state index in [-0.39, 0.29) is 11.9 Å². The maximum absolute atomic E-state index is 8.49. The first-order chi connectivity index (χ1) is 3.81. The molecule has 1 nitrogen and oxygen atoms in total. The second kappa shape index (κ2) is 5.45. The third kappa shape index (κ3) is 4.47. The minimum atomic E-state index is 0.204. The van der Waals surface area contributed by atoms with E-state index in [1.165, 1.54) is 12.8 Å². The third-order valence-electron chi connectivity index (χ3n) is 1.10. The summed E-state index contributed by atoms with van der Waals surface area (Å²) in [6.45, 7) is 2.35. The van der Waals surface area contributed by atoms with Gasteiger partial charge >= 0.3 is 0 Å². The molecule has 0 rings (SSSR count). The van der Waals surface area contributed by atoms with Gasteiger partial charge in [0.1, 0.15) is 0 Å². The summed E-state index contributed by atoms with van der Waals surface area (Å²) in [6, 6.07) is 0. The summed E-state index contributed by atoms with van der Waals surface area (Å²) in [6.07, 6.45) is 3.40. The van der Waals surface area contributed by atoms with Crippen LogP contribution in [-0.4, -0.2) is 17.0 Å². The second-order valence-corrected chi connectivity index (χ2v) is 2.71. The summed E-state index contributed by atoms with van der Waals surface area (Å²) in [7, 11) is 0. The van der Waals surface area contributed by atoms with Gasteiger partial charge in [-0.15, -0.1) is 0 Å². The van der Waals surface area contributed by atoms with Crippen LogP contribution in [0, 0.1) is 0 Å². The molecule has 0 bridgehead atoms. The molecule has 0 spiro atoms. The Labute approximate surface area is 56.5 Å². The molecule has 0 aromatic rings. The lowest BCUT2D eigenvalue weighted by molar-refractivity contribution is 0.289. The summed E-state index contributed by atoms with van der Waals surface area (Å²) in [4.78, 5) is 0. The van der Waals surface area contributed by atoms with E-state index in [1.54, 1.807) is 0 Å². The van der Waals surface area contributed by atoms with Gasteiger partial charge in [0.2, 0.25) is 0 Å². The smallest absolute Gasteiger partial charge is 0.0547 e. The topological polar surface area (TPSA) is 20.2 Å². The number of aliphatic hydroxyl groups is 1. The molecule has 0 heterocycles. The normalized spacial score (nSPS) is 13.9. The Bertz CT molecular complexity index is 47.8. The summed E-state index contributed by atoms with van der Waals surface area (Å²) in [5.41, 5.74) is 0. The predicted molar refractivity (Wildman–Crippen MR) is 39.4 cm³/mol. The highest BCUT2D eigenvalue weighted by Gasteiger charge is 1.96. The van der Waals surface area contributed by atoms with Crippen LogP contribution < -0.4 is 0 Å². The molecular weight excluding hydrogens is 120 g/mol. The van der Waals surface area contributed by atoms with Crippen molar-refractivity contribution in [1.82, 2.24) is 0 Å². The number of hydrogen-bond acceptors (Lipinski definition) is 2. The highest BCUT2D eigenvalue weighted by atomic mass is 32.1. The number of thiol groups is 1. The van der Waals surface area contributed by atoms with E-state index in [2.05, 4.69) is 19.6 Å². The molecule has 0 aromatic heterocycles. The van der Waals surface area contributed by atoms with Crippen LogP contribution in [0.5, 0.6) is 0 Å². The lowest BCUT2D eigenvalue weighted by Gasteiger charge is -2.02. The van der Waals surface area contributed by atoms with E-state index < -0.39 is 0 Å². The second-order valence-electron chi connectivity index (χ2n) is 1.98. The average Bonchev–Trinajstić information content (AvgIpc) is 1.83. The van der Waals surface area contributed by atoms with Crippen molar-refractivity contribution in [3.05, 3.63) is 0 Å². The van der Waals surface area contributed by atoms with Crippen LogP contribution in [0.1, 0.15) is 26.2 Å². The Morgan fingerprint density at radius 1 is 1.62 bits per heavy atom. The fraction of sp³-hybridized carbons (Fsp3) is 1.00. The van der Waals surface area contributed by atoms with Crippen LogP contribution >= 0.6 is 12.6 Å². The van der Waals surface area contributed by atoms with Crippen molar-refractivity contribution < 1.29 is 5.11 Å². The van der Waals surface area contributed by atoms with Crippen LogP contribution in [0.3, 0.4) is 0 Å². The maximum Gasteiger partial charge on any atom is 0.0547 e. The summed E-state index contributed by atoms with van der Waals surface area (Å²) in [5.74, 6) is 0. The van der Waals surface area contributed by atoms with Gasteiger partial charge in [0, 0.05) is 5.25 Å².